The van der Waals surface area contributed by atoms with Gasteiger partial charge >= 0.3 is 6.03 Å². The van der Waals surface area contributed by atoms with Gasteiger partial charge < -0.3 is 10.2 Å². The summed E-state index contributed by atoms with van der Waals surface area (Å²) in [5.41, 5.74) is 2.34. The Morgan fingerprint density at radius 2 is 1.72 bits per heavy atom. The van der Waals surface area contributed by atoms with Gasteiger partial charge in [0.1, 0.15) is 0 Å². The Balaban J connectivity index is 1.62. The molecule has 1 aromatic carbocycles. The molecule has 0 radical (unpaired) electrons. The van der Waals surface area contributed by atoms with Gasteiger partial charge in [0.05, 0.1) is 0 Å². The Morgan fingerprint density at radius 1 is 1.06 bits per heavy atom. The maximum absolute atomic E-state index is 11.6. The number of carbonyl (C=O) groups is 1. The zero-order valence-electron chi connectivity index (χ0n) is 10.7. The number of nitrogens with zero attached hydrogens (tertiary/aromatic N) is 1. The van der Waals surface area contributed by atoms with E-state index in [0.29, 0.717) is 0 Å². The molecule has 96 valence electrons. The molecule has 1 saturated heterocycles. The topological polar surface area (TPSA) is 32.1 Å². The van der Waals surface area contributed by atoms with Crippen molar-refractivity contribution in [3.8, 4) is 0 Å². The van der Waals surface area contributed by atoms with Gasteiger partial charge in [0.25, 0.3) is 0 Å². The summed E-state index contributed by atoms with van der Waals surface area (Å²) in [6.07, 6.45) is 6.75. The maximum Gasteiger partial charge on any atom is 0.321 e. The second-order valence-corrected chi connectivity index (χ2v) is 5.37. The average Bonchev–Trinajstić information content (AvgIpc) is 3.25. The Kier molecular flexibility index (Phi) is 3.22. The van der Waals surface area contributed by atoms with Gasteiger partial charge in [-0.05, 0) is 36.5 Å². The highest BCUT2D eigenvalue weighted by molar-refractivity contribution is 5.90. The van der Waals surface area contributed by atoms with Gasteiger partial charge in [-0.3, -0.25) is 0 Å². The Bertz CT molecular complexity index is 417. The number of carbonyl (C=O) groups excluding carboxylic acids is 1. The summed E-state index contributed by atoms with van der Waals surface area (Å²) in [6, 6.07) is 8.44. The highest BCUT2D eigenvalue weighted by Gasteiger charge is 2.23. The number of rotatable bonds is 2. The molecule has 1 N–H and O–H groups in total. The van der Waals surface area contributed by atoms with Gasteiger partial charge in [-0.25, -0.2) is 4.79 Å². The van der Waals surface area contributed by atoms with Gasteiger partial charge in [-0.15, -0.1) is 0 Å². The molecule has 18 heavy (non-hydrogen) atoms. The van der Waals surface area contributed by atoms with Crippen LogP contribution in [0.1, 0.15) is 43.6 Å². The molecule has 0 unspecified atom stereocenters. The second-order valence-electron chi connectivity index (χ2n) is 5.37. The lowest BCUT2D eigenvalue weighted by molar-refractivity contribution is 0.242. The predicted molar refractivity (Wildman–Crippen MR) is 72.9 cm³/mol. The molecule has 1 aromatic rings. The number of amides is 2. The fourth-order valence-corrected chi connectivity index (χ4v) is 2.73. The zero-order valence-corrected chi connectivity index (χ0v) is 10.7. The van der Waals surface area contributed by atoms with Crippen molar-refractivity contribution < 1.29 is 4.79 Å². The third-order valence-electron chi connectivity index (χ3n) is 3.97. The highest BCUT2D eigenvalue weighted by Crippen LogP contribution is 2.32. The van der Waals surface area contributed by atoms with Crippen LogP contribution < -0.4 is 5.32 Å². The molecule has 3 rings (SSSR count). The van der Waals surface area contributed by atoms with Crippen LogP contribution in [0.2, 0.25) is 0 Å². The van der Waals surface area contributed by atoms with Crippen LogP contribution in [0.15, 0.2) is 24.3 Å². The predicted octanol–water partition coefficient (Wildman–Crippen LogP) is 3.58. The van der Waals surface area contributed by atoms with Crippen molar-refractivity contribution in [2.24, 2.45) is 0 Å². The third kappa shape index (κ3) is 2.66. The maximum atomic E-state index is 11.6. The van der Waals surface area contributed by atoms with E-state index in [-0.39, 0.29) is 6.03 Å². The van der Waals surface area contributed by atoms with E-state index < -0.39 is 0 Å². The largest absolute Gasteiger partial charge is 0.321 e. The standard InChI is InChI=1S/C15H20N2O/c18-15(17-10-11-17)16-14-8-6-13(7-9-14)12-4-2-1-3-5-12/h6-9,12H,1-5,10-11H2,(H,16,18). The van der Waals surface area contributed by atoms with E-state index in [1.807, 2.05) is 12.1 Å². The molecule has 0 aromatic heterocycles. The summed E-state index contributed by atoms with van der Waals surface area (Å²) in [5, 5.41) is 2.92. The zero-order chi connectivity index (χ0) is 12.4. The average molecular weight is 244 g/mol. The van der Waals surface area contributed by atoms with Crippen LogP contribution in [0.5, 0.6) is 0 Å². The summed E-state index contributed by atoms with van der Waals surface area (Å²) in [7, 11) is 0. The number of urea groups is 1. The lowest BCUT2D eigenvalue weighted by Gasteiger charge is -2.22. The highest BCUT2D eigenvalue weighted by atomic mass is 16.2. The van der Waals surface area contributed by atoms with Crippen LogP contribution in [-0.4, -0.2) is 24.0 Å². The molecule has 2 amide bonds. The smallest absolute Gasteiger partial charge is 0.321 e. The first kappa shape index (κ1) is 11.6. The summed E-state index contributed by atoms with van der Waals surface area (Å²) >= 11 is 0. The van der Waals surface area contributed by atoms with Crippen LogP contribution in [0.25, 0.3) is 0 Å². The Hall–Kier alpha value is -1.51. The first-order valence-electron chi connectivity index (χ1n) is 6.99. The van der Waals surface area contributed by atoms with Crippen molar-refractivity contribution in [1.29, 1.82) is 0 Å². The van der Waals surface area contributed by atoms with Gasteiger partial charge in [0.15, 0.2) is 0 Å². The van der Waals surface area contributed by atoms with E-state index >= 15 is 0 Å². The van der Waals surface area contributed by atoms with Crippen LogP contribution in [0.4, 0.5) is 10.5 Å². The minimum absolute atomic E-state index is 0.0282. The number of nitrogens with one attached hydrogen (secondary N) is 1. The minimum Gasteiger partial charge on any atom is -0.321 e. The molecule has 3 heteroatoms. The van der Waals surface area contributed by atoms with Crippen molar-refractivity contribution in [3.05, 3.63) is 29.8 Å². The SMILES string of the molecule is O=C(Nc1ccc(C2CCCCC2)cc1)N1CC1. The normalized spacial score (nSPS) is 19.7. The van der Waals surface area contributed by atoms with Gasteiger partial charge in [0.2, 0.25) is 0 Å². The molecule has 2 fully saturated rings. The summed E-state index contributed by atoms with van der Waals surface area (Å²) in [5.74, 6) is 0.732. The summed E-state index contributed by atoms with van der Waals surface area (Å²) in [6.45, 7) is 1.79. The molecule has 0 bridgehead atoms. The van der Waals surface area contributed by atoms with Gasteiger partial charge in [-0.1, -0.05) is 31.4 Å². The molecule has 1 aliphatic carbocycles. The number of anilines is 1. The lowest BCUT2D eigenvalue weighted by Crippen LogP contribution is -2.18. The van der Waals surface area contributed by atoms with E-state index in [1.165, 1.54) is 37.7 Å². The molecule has 1 heterocycles. The van der Waals surface area contributed by atoms with Crippen LogP contribution in [-0.2, 0) is 0 Å². The molecule has 0 spiro atoms. The van der Waals surface area contributed by atoms with Crippen molar-refractivity contribution in [2.45, 2.75) is 38.0 Å². The summed E-state index contributed by atoms with van der Waals surface area (Å²) < 4.78 is 0. The molecule has 0 atom stereocenters. The van der Waals surface area contributed by atoms with Crippen molar-refractivity contribution in [2.75, 3.05) is 18.4 Å². The van der Waals surface area contributed by atoms with Gasteiger partial charge in [0, 0.05) is 18.8 Å². The van der Waals surface area contributed by atoms with E-state index in [4.69, 9.17) is 0 Å². The molecular weight excluding hydrogens is 224 g/mol. The number of hydrogen-bond donors (Lipinski definition) is 1. The molecule has 1 aliphatic heterocycles. The van der Waals surface area contributed by atoms with E-state index in [9.17, 15) is 4.79 Å². The van der Waals surface area contributed by atoms with Crippen LogP contribution in [0, 0.1) is 0 Å². The molecule has 2 aliphatic rings. The van der Waals surface area contributed by atoms with Crippen molar-refractivity contribution >= 4 is 11.7 Å². The van der Waals surface area contributed by atoms with E-state index in [1.54, 1.807) is 4.90 Å². The Labute approximate surface area is 108 Å². The fraction of sp³-hybridized carbons (Fsp3) is 0.533. The van der Waals surface area contributed by atoms with Crippen molar-refractivity contribution in [1.82, 2.24) is 4.90 Å². The Morgan fingerprint density at radius 3 is 2.33 bits per heavy atom. The quantitative estimate of drug-likeness (QED) is 0.792. The summed E-state index contributed by atoms with van der Waals surface area (Å²) in [4.78, 5) is 13.4. The molecule has 3 nitrogen and oxygen atoms in total. The molecule has 1 saturated carbocycles. The third-order valence-corrected chi connectivity index (χ3v) is 3.97. The van der Waals surface area contributed by atoms with E-state index in [0.717, 1.165) is 24.7 Å². The lowest BCUT2D eigenvalue weighted by atomic mass is 9.84. The minimum atomic E-state index is 0.0282. The van der Waals surface area contributed by atoms with Crippen LogP contribution >= 0.6 is 0 Å². The van der Waals surface area contributed by atoms with E-state index in [2.05, 4.69) is 17.4 Å². The first-order valence-corrected chi connectivity index (χ1v) is 6.99. The van der Waals surface area contributed by atoms with Crippen LogP contribution in [0.3, 0.4) is 0 Å². The fourth-order valence-electron chi connectivity index (χ4n) is 2.73. The monoisotopic (exact) mass is 244 g/mol. The van der Waals surface area contributed by atoms with Crippen molar-refractivity contribution in [3.63, 3.8) is 0 Å². The number of benzene rings is 1. The molecular formula is C15H20N2O. The second kappa shape index (κ2) is 5.01. The van der Waals surface area contributed by atoms with Gasteiger partial charge in [-0.2, -0.15) is 0 Å². The first-order chi connectivity index (χ1) is 8.83. The number of hydrogen-bond acceptors (Lipinski definition) is 1.